The molecule has 2 bridgehead atoms. The minimum atomic E-state index is -0.819. The highest BCUT2D eigenvalue weighted by Crippen LogP contribution is 2.60. The third kappa shape index (κ3) is 6.81. The van der Waals surface area contributed by atoms with E-state index >= 15 is 0 Å². The zero-order valence-electron chi connectivity index (χ0n) is 20.8. The van der Waals surface area contributed by atoms with E-state index in [1.54, 1.807) is 5.57 Å². The van der Waals surface area contributed by atoms with Crippen LogP contribution in [0.5, 0.6) is 0 Å². The molecule has 176 valence electrons. The molecule has 3 nitrogen and oxygen atoms in total. The summed E-state index contributed by atoms with van der Waals surface area (Å²) < 4.78 is 17.5. The third-order valence-corrected chi connectivity index (χ3v) is 7.69. The van der Waals surface area contributed by atoms with Crippen LogP contribution in [0.3, 0.4) is 0 Å². The van der Waals surface area contributed by atoms with Gasteiger partial charge in [0.2, 0.25) is 0 Å². The lowest BCUT2D eigenvalue weighted by molar-refractivity contribution is -0.380. The Kier molecular flexibility index (Phi) is 11.4. The molecule has 1 saturated carbocycles. The van der Waals surface area contributed by atoms with Gasteiger partial charge in [-0.3, -0.25) is 0 Å². The van der Waals surface area contributed by atoms with Crippen molar-refractivity contribution in [1.82, 2.24) is 0 Å². The fraction of sp³-hybridized carbons (Fsp3) is 0.926. The maximum atomic E-state index is 5.82. The summed E-state index contributed by atoms with van der Waals surface area (Å²) in [5.41, 5.74) is 2.39. The Morgan fingerprint density at radius 1 is 0.800 bits per heavy atom. The van der Waals surface area contributed by atoms with Gasteiger partial charge in [-0.25, -0.2) is 0 Å². The van der Waals surface area contributed by atoms with Crippen molar-refractivity contribution in [2.45, 2.75) is 124 Å². The molecule has 0 heterocycles. The van der Waals surface area contributed by atoms with E-state index in [0.29, 0.717) is 25.2 Å². The van der Waals surface area contributed by atoms with Gasteiger partial charge < -0.3 is 14.2 Å². The summed E-state index contributed by atoms with van der Waals surface area (Å²) in [6.07, 6.45) is 19.8. The molecule has 2 aliphatic carbocycles. The van der Waals surface area contributed by atoms with E-state index in [9.17, 15) is 0 Å². The van der Waals surface area contributed by atoms with E-state index in [2.05, 4.69) is 19.9 Å². The second kappa shape index (κ2) is 13.2. The Bertz CT molecular complexity index is 483. The third-order valence-electron chi connectivity index (χ3n) is 7.69. The van der Waals surface area contributed by atoms with Gasteiger partial charge in [0.05, 0.1) is 0 Å². The average molecular weight is 423 g/mol. The molecule has 0 saturated heterocycles. The molecule has 0 radical (unpaired) electrons. The Morgan fingerprint density at radius 2 is 1.37 bits per heavy atom. The summed E-state index contributed by atoms with van der Waals surface area (Å²) in [4.78, 5) is 0. The van der Waals surface area contributed by atoms with Gasteiger partial charge in [-0.1, -0.05) is 64.0 Å². The van der Waals surface area contributed by atoms with E-state index in [0.717, 1.165) is 24.7 Å². The monoisotopic (exact) mass is 422 g/mol. The first kappa shape index (κ1) is 25.9. The molecule has 0 aromatic carbocycles. The van der Waals surface area contributed by atoms with E-state index in [1.807, 2.05) is 20.8 Å². The van der Waals surface area contributed by atoms with Gasteiger partial charge >= 0.3 is 0 Å². The SMILES string of the molecule is CCOC(CCCCCCCCCC1CC2(CC)CC1C=C2CC)(OCC)OCC. The minimum Gasteiger partial charge on any atom is -0.328 e. The highest BCUT2D eigenvalue weighted by Gasteiger charge is 2.49. The molecule has 2 aliphatic rings. The van der Waals surface area contributed by atoms with Crippen molar-refractivity contribution in [3.63, 3.8) is 0 Å². The molecule has 1 fully saturated rings. The molecule has 0 aliphatic heterocycles. The van der Waals surface area contributed by atoms with E-state index in [4.69, 9.17) is 14.2 Å². The van der Waals surface area contributed by atoms with Crippen LogP contribution in [-0.2, 0) is 14.2 Å². The maximum Gasteiger partial charge on any atom is 0.282 e. The molecule has 3 heteroatoms. The number of fused-ring (bicyclic) bond motifs is 2. The molecule has 3 unspecified atom stereocenters. The fourth-order valence-corrected chi connectivity index (χ4v) is 6.20. The van der Waals surface area contributed by atoms with Gasteiger partial charge in [-0.05, 0) is 76.5 Å². The number of unbranched alkanes of at least 4 members (excludes halogenated alkanes) is 6. The quantitative estimate of drug-likeness (QED) is 0.127. The van der Waals surface area contributed by atoms with Crippen LogP contribution in [0.4, 0.5) is 0 Å². The summed E-state index contributed by atoms with van der Waals surface area (Å²) in [7, 11) is 0. The molecular formula is C27H50O3. The van der Waals surface area contributed by atoms with Crippen LogP contribution in [0.25, 0.3) is 0 Å². The van der Waals surface area contributed by atoms with E-state index in [-0.39, 0.29) is 0 Å². The molecular weight excluding hydrogens is 372 g/mol. The second-order valence-electron chi connectivity index (χ2n) is 9.51. The summed E-state index contributed by atoms with van der Waals surface area (Å²) in [6, 6.07) is 0. The molecule has 2 rings (SSSR count). The van der Waals surface area contributed by atoms with Crippen molar-refractivity contribution in [2.24, 2.45) is 17.3 Å². The Balaban J connectivity index is 1.54. The predicted molar refractivity (Wildman–Crippen MR) is 126 cm³/mol. The summed E-state index contributed by atoms with van der Waals surface area (Å²) in [6.45, 7) is 12.6. The fourth-order valence-electron chi connectivity index (χ4n) is 6.20. The molecule has 0 amide bonds. The first-order valence-corrected chi connectivity index (χ1v) is 13.2. The molecule has 0 aromatic rings. The lowest BCUT2D eigenvalue weighted by Gasteiger charge is -2.32. The number of allylic oxidation sites excluding steroid dienone is 2. The Morgan fingerprint density at radius 3 is 1.90 bits per heavy atom. The van der Waals surface area contributed by atoms with Crippen LogP contribution in [0.1, 0.15) is 118 Å². The predicted octanol–water partition coefficient (Wildman–Crippen LogP) is 8.03. The normalized spacial score (nSPS) is 25.8. The number of hydrogen-bond acceptors (Lipinski definition) is 3. The topological polar surface area (TPSA) is 27.7 Å². The first-order chi connectivity index (χ1) is 14.6. The van der Waals surface area contributed by atoms with Crippen LogP contribution >= 0.6 is 0 Å². The molecule has 30 heavy (non-hydrogen) atoms. The van der Waals surface area contributed by atoms with Crippen molar-refractivity contribution in [3.05, 3.63) is 11.6 Å². The second-order valence-corrected chi connectivity index (χ2v) is 9.51. The van der Waals surface area contributed by atoms with Crippen LogP contribution in [-0.4, -0.2) is 25.8 Å². The van der Waals surface area contributed by atoms with Crippen LogP contribution in [0.15, 0.2) is 11.6 Å². The molecule has 0 N–H and O–H groups in total. The van der Waals surface area contributed by atoms with Crippen LogP contribution in [0.2, 0.25) is 0 Å². The summed E-state index contributed by atoms with van der Waals surface area (Å²) >= 11 is 0. The van der Waals surface area contributed by atoms with Gasteiger partial charge in [-0.15, -0.1) is 0 Å². The van der Waals surface area contributed by atoms with Crippen molar-refractivity contribution < 1.29 is 14.2 Å². The smallest absolute Gasteiger partial charge is 0.282 e. The number of hydrogen-bond donors (Lipinski definition) is 0. The zero-order chi connectivity index (χ0) is 21.9. The van der Waals surface area contributed by atoms with Gasteiger partial charge in [0.15, 0.2) is 0 Å². The lowest BCUT2D eigenvalue weighted by atomic mass is 9.74. The summed E-state index contributed by atoms with van der Waals surface area (Å²) in [5.74, 6) is 1.06. The number of rotatable bonds is 18. The van der Waals surface area contributed by atoms with Crippen molar-refractivity contribution in [2.75, 3.05) is 19.8 Å². The number of ether oxygens (including phenoxy) is 3. The van der Waals surface area contributed by atoms with Crippen LogP contribution < -0.4 is 0 Å². The highest BCUT2D eigenvalue weighted by atomic mass is 16.9. The van der Waals surface area contributed by atoms with Crippen LogP contribution in [0, 0.1) is 17.3 Å². The Labute approximate surface area is 187 Å². The molecule has 0 aromatic heterocycles. The van der Waals surface area contributed by atoms with Gasteiger partial charge in [-0.2, -0.15) is 0 Å². The van der Waals surface area contributed by atoms with Gasteiger partial charge in [0.1, 0.15) is 0 Å². The van der Waals surface area contributed by atoms with E-state index < -0.39 is 5.97 Å². The van der Waals surface area contributed by atoms with Crippen molar-refractivity contribution >= 4 is 0 Å². The lowest BCUT2D eigenvalue weighted by Crippen LogP contribution is -2.39. The van der Waals surface area contributed by atoms with Crippen molar-refractivity contribution in [3.8, 4) is 0 Å². The van der Waals surface area contributed by atoms with Gasteiger partial charge in [0.25, 0.3) is 5.97 Å². The maximum absolute atomic E-state index is 5.82. The average Bonchev–Trinajstić information content (AvgIpc) is 3.29. The zero-order valence-corrected chi connectivity index (χ0v) is 20.8. The Hall–Kier alpha value is -0.380. The largest absolute Gasteiger partial charge is 0.328 e. The van der Waals surface area contributed by atoms with E-state index in [1.165, 1.54) is 70.6 Å². The van der Waals surface area contributed by atoms with Gasteiger partial charge in [0, 0.05) is 26.2 Å². The highest BCUT2D eigenvalue weighted by molar-refractivity contribution is 5.27. The molecule has 3 atom stereocenters. The minimum absolute atomic E-state index is 0.601. The molecule has 0 spiro atoms. The standard InChI is InChI=1S/C27H50O3/c1-6-25-20-24-22-26(25,7-2)21-23(24)18-16-14-12-11-13-15-17-19-27(28-8-3,29-9-4)30-10-5/h20,23-24H,6-19,21-22H2,1-5H3. The summed E-state index contributed by atoms with van der Waals surface area (Å²) in [5, 5.41) is 0. The first-order valence-electron chi connectivity index (χ1n) is 13.2. The van der Waals surface area contributed by atoms with Crippen molar-refractivity contribution in [1.29, 1.82) is 0 Å².